The van der Waals surface area contributed by atoms with Crippen LogP contribution in [-0.4, -0.2) is 46.3 Å². The van der Waals surface area contributed by atoms with Crippen LogP contribution in [0.1, 0.15) is 80.6 Å². The molecule has 1 aliphatic heterocycles. The highest BCUT2D eigenvalue weighted by atomic mass is 16.2. The molecule has 2 heterocycles. The maximum Gasteiger partial charge on any atom is 0.225 e. The first kappa shape index (κ1) is 20.7. The van der Waals surface area contributed by atoms with Crippen LogP contribution < -0.4 is 5.32 Å². The Morgan fingerprint density at radius 3 is 2.39 bits per heavy atom. The number of hydrogen-bond acceptors (Lipinski definition) is 4. The molecular weight excluding hydrogens is 352 g/mol. The fraction of sp³-hybridized carbons (Fsp3) is 0.727. The molecule has 1 saturated carbocycles. The Morgan fingerprint density at radius 2 is 1.75 bits per heavy atom. The van der Waals surface area contributed by atoms with Crippen molar-refractivity contribution in [3.05, 3.63) is 22.8 Å². The van der Waals surface area contributed by atoms with Crippen molar-refractivity contribution in [2.45, 2.75) is 78.1 Å². The number of hydrogen-bond donors (Lipinski definition) is 1. The van der Waals surface area contributed by atoms with E-state index in [4.69, 9.17) is 9.97 Å². The van der Waals surface area contributed by atoms with Crippen LogP contribution in [0.4, 0.5) is 0 Å². The summed E-state index contributed by atoms with van der Waals surface area (Å²) in [6, 6.07) is 0. The Bertz CT molecular complexity index is 689. The number of likely N-dealkylation sites (tertiary alicyclic amines) is 1. The zero-order valence-electron chi connectivity index (χ0n) is 17.6. The number of aryl methyl sites for hydroxylation is 2. The fourth-order valence-electron chi connectivity index (χ4n) is 4.51. The minimum Gasteiger partial charge on any atom is -0.356 e. The molecule has 1 atom stereocenters. The van der Waals surface area contributed by atoms with Crippen molar-refractivity contribution in [2.75, 3.05) is 19.6 Å². The van der Waals surface area contributed by atoms with Crippen LogP contribution in [0.5, 0.6) is 0 Å². The number of piperidine rings is 1. The summed E-state index contributed by atoms with van der Waals surface area (Å²) < 4.78 is 0. The monoisotopic (exact) mass is 386 g/mol. The van der Waals surface area contributed by atoms with Gasteiger partial charge >= 0.3 is 0 Å². The fourth-order valence-corrected chi connectivity index (χ4v) is 4.51. The Balaban J connectivity index is 1.69. The van der Waals surface area contributed by atoms with Gasteiger partial charge in [-0.15, -0.1) is 0 Å². The third-order valence-corrected chi connectivity index (χ3v) is 6.15. The van der Waals surface area contributed by atoms with Gasteiger partial charge in [0.2, 0.25) is 11.8 Å². The zero-order valence-corrected chi connectivity index (χ0v) is 17.6. The van der Waals surface area contributed by atoms with E-state index in [0.29, 0.717) is 18.9 Å². The highest BCUT2D eigenvalue weighted by Crippen LogP contribution is 2.31. The minimum atomic E-state index is 0.0235. The molecule has 2 amide bonds. The molecule has 2 fully saturated rings. The molecule has 0 bridgehead atoms. The summed E-state index contributed by atoms with van der Waals surface area (Å²) in [5.41, 5.74) is 2.69. The summed E-state index contributed by atoms with van der Waals surface area (Å²) in [5.74, 6) is 1.61. The molecule has 28 heavy (non-hydrogen) atoms. The number of amides is 2. The van der Waals surface area contributed by atoms with Crippen molar-refractivity contribution in [1.29, 1.82) is 0 Å². The lowest BCUT2D eigenvalue weighted by Crippen LogP contribution is -2.42. The number of carbonyl (C=O) groups is 2. The van der Waals surface area contributed by atoms with Crippen molar-refractivity contribution in [3.63, 3.8) is 0 Å². The molecule has 1 aliphatic carbocycles. The third kappa shape index (κ3) is 4.89. The van der Waals surface area contributed by atoms with Crippen LogP contribution in [-0.2, 0) is 16.0 Å². The summed E-state index contributed by atoms with van der Waals surface area (Å²) >= 11 is 0. The molecule has 0 unspecified atom stereocenters. The van der Waals surface area contributed by atoms with Crippen LogP contribution in [0, 0.1) is 19.8 Å². The van der Waals surface area contributed by atoms with E-state index in [1.807, 2.05) is 25.7 Å². The van der Waals surface area contributed by atoms with E-state index in [9.17, 15) is 9.59 Å². The van der Waals surface area contributed by atoms with Crippen molar-refractivity contribution in [3.8, 4) is 0 Å². The second-order valence-electron chi connectivity index (χ2n) is 8.36. The van der Waals surface area contributed by atoms with E-state index < -0.39 is 0 Å². The summed E-state index contributed by atoms with van der Waals surface area (Å²) in [7, 11) is 0. The maximum absolute atomic E-state index is 12.8. The highest BCUT2D eigenvalue weighted by molar-refractivity contribution is 5.79. The van der Waals surface area contributed by atoms with E-state index >= 15 is 0 Å². The van der Waals surface area contributed by atoms with E-state index in [-0.39, 0.29) is 17.7 Å². The van der Waals surface area contributed by atoms with Gasteiger partial charge in [-0.1, -0.05) is 19.8 Å². The Labute approximate surface area is 168 Å². The average Bonchev–Trinajstić information content (AvgIpc) is 3.23. The maximum atomic E-state index is 12.8. The lowest BCUT2D eigenvalue weighted by molar-refractivity contribution is -0.136. The van der Waals surface area contributed by atoms with E-state index in [1.54, 1.807) is 0 Å². The summed E-state index contributed by atoms with van der Waals surface area (Å²) in [5, 5.41) is 2.92. The van der Waals surface area contributed by atoms with Gasteiger partial charge < -0.3 is 10.2 Å². The Morgan fingerprint density at radius 1 is 1.07 bits per heavy atom. The number of nitrogens with zero attached hydrogens (tertiary/aromatic N) is 3. The molecule has 0 radical (unpaired) electrons. The first-order valence-corrected chi connectivity index (χ1v) is 10.9. The lowest BCUT2D eigenvalue weighted by Gasteiger charge is -2.34. The number of nitrogens with one attached hydrogen (secondary N) is 1. The van der Waals surface area contributed by atoms with Gasteiger partial charge in [0.15, 0.2) is 0 Å². The minimum absolute atomic E-state index is 0.0235. The molecular formula is C22H34N4O2. The van der Waals surface area contributed by atoms with Gasteiger partial charge in [-0.05, 0) is 46.0 Å². The first-order chi connectivity index (χ1) is 13.5. The molecule has 0 spiro atoms. The van der Waals surface area contributed by atoms with Gasteiger partial charge in [0, 0.05) is 48.4 Å². The second-order valence-corrected chi connectivity index (χ2v) is 8.36. The predicted molar refractivity (Wildman–Crippen MR) is 109 cm³/mol. The molecule has 6 nitrogen and oxygen atoms in total. The van der Waals surface area contributed by atoms with Gasteiger partial charge in [0.05, 0.1) is 6.42 Å². The van der Waals surface area contributed by atoms with E-state index in [1.165, 1.54) is 12.8 Å². The predicted octanol–water partition coefficient (Wildman–Crippen LogP) is 3.06. The SMILES string of the molecule is CCCNC(=O)Cc1c(C)nc([C@H]2CCCN(C(=O)C3CCCC3)C2)nc1C. The van der Waals surface area contributed by atoms with Crippen molar-refractivity contribution in [1.82, 2.24) is 20.2 Å². The smallest absolute Gasteiger partial charge is 0.225 e. The summed E-state index contributed by atoms with van der Waals surface area (Å²) in [6.45, 7) is 8.25. The van der Waals surface area contributed by atoms with Crippen LogP contribution in [0.25, 0.3) is 0 Å². The van der Waals surface area contributed by atoms with Crippen LogP contribution in [0.3, 0.4) is 0 Å². The first-order valence-electron chi connectivity index (χ1n) is 10.9. The third-order valence-electron chi connectivity index (χ3n) is 6.15. The topological polar surface area (TPSA) is 75.2 Å². The van der Waals surface area contributed by atoms with Crippen molar-refractivity contribution < 1.29 is 9.59 Å². The van der Waals surface area contributed by atoms with Crippen molar-refractivity contribution in [2.24, 2.45) is 5.92 Å². The molecule has 1 aromatic rings. The van der Waals surface area contributed by atoms with E-state index in [2.05, 4.69) is 5.32 Å². The molecule has 3 rings (SSSR count). The lowest BCUT2D eigenvalue weighted by atomic mass is 9.94. The van der Waals surface area contributed by atoms with E-state index in [0.717, 1.165) is 68.0 Å². The van der Waals surface area contributed by atoms with Gasteiger partial charge in [0.25, 0.3) is 0 Å². The average molecular weight is 387 g/mol. The largest absolute Gasteiger partial charge is 0.356 e. The van der Waals surface area contributed by atoms with Gasteiger partial charge in [-0.25, -0.2) is 9.97 Å². The van der Waals surface area contributed by atoms with Crippen LogP contribution >= 0.6 is 0 Å². The highest BCUT2D eigenvalue weighted by Gasteiger charge is 2.32. The van der Waals surface area contributed by atoms with Crippen LogP contribution in [0.2, 0.25) is 0 Å². The van der Waals surface area contributed by atoms with Crippen molar-refractivity contribution >= 4 is 11.8 Å². The molecule has 2 aliphatic rings. The number of aromatic nitrogens is 2. The molecule has 1 saturated heterocycles. The molecule has 6 heteroatoms. The number of rotatable bonds is 6. The Hall–Kier alpha value is -1.98. The molecule has 0 aromatic carbocycles. The second kappa shape index (κ2) is 9.48. The standard InChI is InChI=1S/C22H34N4O2/c1-4-11-23-20(27)13-19-15(2)24-21(25-16(19)3)18-10-7-12-26(14-18)22(28)17-8-5-6-9-17/h17-18H,4-14H2,1-3H3,(H,23,27)/t18-/m0/s1. The number of carbonyl (C=O) groups excluding carboxylic acids is 2. The summed E-state index contributed by atoms with van der Waals surface area (Å²) in [4.78, 5) is 36.5. The zero-order chi connectivity index (χ0) is 20.1. The Kier molecular flexibility index (Phi) is 7.03. The molecule has 1 N–H and O–H groups in total. The van der Waals surface area contributed by atoms with Gasteiger partial charge in [-0.2, -0.15) is 0 Å². The van der Waals surface area contributed by atoms with Gasteiger partial charge in [0.1, 0.15) is 5.82 Å². The molecule has 154 valence electrons. The quantitative estimate of drug-likeness (QED) is 0.815. The van der Waals surface area contributed by atoms with Gasteiger partial charge in [-0.3, -0.25) is 9.59 Å². The normalized spacial score (nSPS) is 20.4. The van der Waals surface area contributed by atoms with Crippen LogP contribution in [0.15, 0.2) is 0 Å². The summed E-state index contributed by atoms with van der Waals surface area (Å²) in [6.07, 6.45) is 7.74. The molecule has 1 aromatic heterocycles.